The summed E-state index contributed by atoms with van der Waals surface area (Å²) in [6, 6.07) is 0. The van der Waals surface area contributed by atoms with Crippen molar-refractivity contribution in [2.45, 2.75) is 71.8 Å². The van der Waals surface area contributed by atoms with E-state index in [-0.39, 0.29) is 17.5 Å². The number of rotatable bonds is 4. The predicted octanol–water partition coefficient (Wildman–Crippen LogP) is 4.43. The second-order valence-electron chi connectivity index (χ2n) is 8.04. The second-order valence-corrected chi connectivity index (χ2v) is 8.04. The molecule has 4 rings (SSSR count). The van der Waals surface area contributed by atoms with E-state index in [1.54, 1.807) is 0 Å². The van der Waals surface area contributed by atoms with Crippen LogP contribution in [0.25, 0.3) is 0 Å². The van der Waals surface area contributed by atoms with Crippen LogP contribution < -0.4 is 0 Å². The largest absolute Gasteiger partial charge is 0.458 e. The zero-order chi connectivity index (χ0) is 14.5. The van der Waals surface area contributed by atoms with Crippen molar-refractivity contribution < 1.29 is 9.53 Å². The third-order valence-electron chi connectivity index (χ3n) is 6.61. The van der Waals surface area contributed by atoms with E-state index in [2.05, 4.69) is 20.8 Å². The number of esters is 1. The predicted molar refractivity (Wildman–Crippen MR) is 80.2 cm³/mol. The quantitative estimate of drug-likeness (QED) is 0.711. The lowest BCUT2D eigenvalue weighted by Gasteiger charge is -2.62. The molecule has 4 aliphatic carbocycles. The van der Waals surface area contributed by atoms with Crippen molar-refractivity contribution in [1.29, 1.82) is 0 Å². The van der Waals surface area contributed by atoms with Crippen LogP contribution in [0.4, 0.5) is 0 Å². The third kappa shape index (κ3) is 2.02. The van der Waals surface area contributed by atoms with Crippen LogP contribution in [-0.4, -0.2) is 11.6 Å². The van der Waals surface area contributed by atoms with E-state index in [1.165, 1.54) is 32.1 Å². The maximum Gasteiger partial charge on any atom is 0.309 e. The van der Waals surface area contributed by atoms with Gasteiger partial charge in [-0.3, -0.25) is 4.79 Å². The Morgan fingerprint density at radius 1 is 1.05 bits per heavy atom. The van der Waals surface area contributed by atoms with Gasteiger partial charge in [-0.05, 0) is 68.1 Å². The van der Waals surface area contributed by atoms with E-state index in [9.17, 15) is 4.79 Å². The van der Waals surface area contributed by atoms with Gasteiger partial charge in [0.05, 0.1) is 5.92 Å². The summed E-state index contributed by atoms with van der Waals surface area (Å²) in [6.07, 6.45) is 7.55. The second kappa shape index (κ2) is 5.03. The van der Waals surface area contributed by atoms with Gasteiger partial charge in [-0.25, -0.2) is 0 Å². The molecule has 1 unspecified atom stereocenters. The van der Waals surface area contributed by atoms with Gasteiger partial charge in [0.15, 0.2) is 0 Å². The molecule has 20 heavy (non-hydrogen) atoms. The number of carbonyl (C=O) groups is 1. The van der Waals surface area contributed by atoms with Crippen molar-refractivity contribution in [2.75, 3.05) is 0 Å². The molecule has 0 amide bonds. The Balaban J connectivity index is 1.87. The van der Waals surface area contributed by atoms with E-state index in [0.717, 1.165) is 18.3 Å². The van der Waals surface area contributed by atoms with Gasteiger partial charge >= 0.3 is 5.97 Å². The summed E-state index contributed by atoms with van der Waals surface area (Å²) in [4.78, 5) is 12.5. The average Bonchev–Trinajstić information content (AvgIpc) is 2.40. The minimum Gasteiger partial charge on any atom is -0.458 e. The van der Waals surface area contributed by atoms with Gasteiger partial charge in [0, 0.05) is 0 Å². The lowest BCUT2D eigenvalue weighted by molar-refractivity contribution is -0.227. The van der Waals surface area contributed by atoms with Crippen molar-refractivity contribution in [2.24, 2.45) is 35.5 Å². The Morgan fingerprint density at radius 3 is 1.95 bits per heavy atom. The lowest BCUT2D eigenvalue weighted by atomic mass is 9.47. The summed E-state index contributed by atoms with van der Waals surface area (Å²) in [5.74, 6) is 3.65. The molecule has 4 bridgehead atoms. The van der Waals surface area contributed by atoms with Crippen molar-refractivity contribution in [3.05, 3.63) is 0 Å². The first kappa shape index (κ1) is 14.4. The molecule has 0 saturated heterocycles. The molecule has 0 radical (unpaired) electrons. The van der Waals surface area contributed by atoms with Crippen molar-refractivity contribution >= 4 is 5.97 Å². The highest BCUT2D eigenvalue weighted by Gasteiger charge is 2.60. The fraction of sp³-hybridized carbons (Fsp3) is 0.944. The first-order chi connectivity index (χ1) is 9.47. The molecule has 0 aliphatic heterocycles. The van der Waals surface area contributed by atoms with Crippen LogP contribution in [0.15, 0.2) is 0 Å². The summed E-state index contributed by atoms with van der Waals surface area (Å²) < 4.78 is 6.29. The van der Waals surface area contributed by atoms with Crippen LogP contribution in [0.1, 0.15) is 66.2 Å². The molecule has 2 heteroatoms. The Labute approximate surface area is 123 Å². The number of hydrogen-bond donors (Lipinski definition) is 0. The molecule has 0 aromatic carbocycles. The number of ether oxygens (including phenoxy) is 1. The van der Waals surface area contributed by atoms with E-state index in [4.69, 9.17) is 4.74 Å². The van der Waals surface area contributed by atoms with Crippen LogP contribution in [0.5, 0.6) is 0 Å². The van der Waals surface area contributed by atoms with Crippen molar-refractivity contribution in [3.8, 4) is 0 Å². The fourth-order valence-electron chi connectivity index (χ4n) is 5.59. The monoisotopic (exact) mass is 278 g/mol. The highest BCUT2D eigenvalue weighted by molar-refractivity contribution is 5.72. The van der Waals surface area contributed by atoms with Gasteiger partial charge in [-0.15, -0.1) is 0 Å². The van der Waals surface area contributed by atoms with Crippen LogP contribution in [0.3, 0.4) is 0 Å². The van der Waals surface area contributed by atoms with Gasteiger partial charge in [0.1, 0.15) is 5.60 Å². The summed E-state index contributed by atoms with van der Waals surface area (Å²) in [7, 11) is 0. The van der Waals surface area contributed by atoms with Gasteiger partial charge in [0.25, 0.3) is 0 Å². The van der Waals surface area contributed by atoms with Gasteiger partial charge in [0.2, 0.25) is 0 Å². The number of hydrogen-bond acceptors (Lipinski definition) is 2. The van der Waals surface area contributed by atoms with Crippen molar-refractivity contribution in [1.82, 2.24) is 0 Å². The minimum atomic E-state index is -0.145. The standard InChI is InChI=1S/C18H30O2/c1-5-12(4)17(19)20-18(11(2)3)15-7-13-6-14(9-15)10-16(18)8-13/h11-16H,5-10H2,1-4H3. The normalized spacial score (nSPS) is 43.9. The smallest absolute Gasteiger partial charge is 0.309 e. The molecule has 2 nitrogen and oxygen atoms in total. The molecular formula is C18H30O2. The van der Waals surface area contributed by atoms with Gasteiger partial charge < -0.3 is 4.74 Å². The van der Waals surface area contributed by atoms with Crippen LogP contribution in [-0.2, 0) is 9.53 Å². The van der Waals surface area contributed by atoms with E-state index in [1.807, 2.05) is 6.92 Å². The van der Waals surface area contributed by atoms with Crippen LogP contribution >= 0.6 is 0 Å². The molecule has 4 aliphatic rings. The molecule has 114 valence electrons. The Hall–Kier alpha value is -0.530. The average molecular weight is 278 g/mol. The SMILES string of the molecule is CCC(C)C(=O)OC1(C(C)C)C2CC3CC(C2)CC1C3. The minimum absolute atomic E-state index is 0.0443. The topological polar surface area (TPSA) is 26.3 Å². The Kier molecular flexibility index (Phi) is 3.63. The lowest BCUT2D eigenvalue weighted by Crippen LogP contribution is -2.62. The van der Waals surface area contributed by atoms with Gasteiger partial charge in [-0.2, -0.15) is 0 Å². The van der Waals surface area contributed by atoms with Crippen molar-refractivity contribution in [3.63, 3.8) is 0 Å². The highest BCUT2D eigenvalue weighted by atomic mass is 16.6. The highest BCUT2D eigenvalue weighted by Crippen LogP contribution is 2.61. The zero-order valence-electron chi connectivity index (χ0n) is 13.5. The molecule has 0 heterocycles. The molecule has 4 saturated carbocycles. The van der Waals surface area contributed by atoms with Crippen LogP contribution in [0, 0.1) is 35.5 Å². The zero-order valence-corrected chi connectivity index (χ0v) is 13.5. The molecule has 0 aromatic heterocycles. The third-order valence-corrected chi connectivity index (χ3v) is 6.61. The van der Waals surface area contributed by atoms with E-state index in [0.29, 0.717) is 17.8 Å². The first-order valence-electron chi connectivity index (χ1n) is 8.70. The molecule has 0 N–H and O–H groups in total. The first-order valence-corrected chi connectivity index (χ1v) is 8.70. The molecular weight excluding hydrogens is 248 g/mol. The number of carbonyl (C=O) groups excluding carboxylic acids is 1. The van der Waals surface area contributed by atoms with E-state index < -0.39 is 0 Å². The summed E-state index contributed by atoms with van der Waals surface area (Å²) >= 11 is 0. The molecule has 0 aromatic rings. The maximum absolute atomic E-state index is 12.5. The molecule has 4 fully saturated rings. The molecule has 0 spiro atoms. The summed E-state index contributed by atoms with van der Waals surface area (Å²) in [5, 5.41) is 0. The molecule has 1 atom stereocenters. The Bertz CT molecular complexity index is 357. The van der Waals surface area contributed by atoms with Gasteiger partial charge in [-0.1, -0.05) is 27.7 Å². The fourth-order valence-corrected chi connectivity index (χ4v) is 5.59. The summed E-state index contributed by atoms with van der Waals surface area (Å²) in [5.41, 5.74) is -0.145. The van der Waals surface area contributed by atoms with E-state index >= 15 is 0 Å². The van der Waals surface area contributed by atoms with Crippen LogP contribution in [0.2, 0.25) is 0 Å². The Morgan fingerprint density at radius 2 is 1.55 bits per heavy atom. The summed E-state index contributed by atoms with van der Waals surface area (Å²) in [6.45, 7) is 8.62. The maximum atomic E-state index is 12.5.